The van der Waals surface area contributed by atoms with E-state index in [0.29, 0.717) is 0 Å². The van der Waals surface area contributed by atoms with E-state index in [9.17, 15) is 0 Å². The maximum absolute atomic E-state index is 5.62. The molecule has 0 radical (unpaired) electrons. The van der Waals surface area contributed by atoms with Gasteiger partial charge in [-0.05, 0) is 25.8 Å². The SMILES string of the molecule is Cn1ncnc1CN(CCCN)C1CCCC1. The van der Waals surface area contributed by atoms with E-state index in [-0.39, 0.29) is 0 Å². The van der Waals surface area contributed by atoms with Crippen molar-refractivity contribution in [3.05, 3.63) is 12.2 Å². The summed E-state index contributed by atoms with van der Waals surface area (Å²) in [6.07, 6.45) is 8.06. The monoisotopic (exact) mass is 237 g/mol. The molecule has 1 aromatic rings. The van der Waals surface area contributed by atoms with Gasteiger partial charge in [0.15, 0.2) is 0 Å². The molecule has 96 valence electrons. The van der Waals surface area contributed by atoms with Gasteiger partial charge >= 0.3 is 0 Å². The number of aromatic nitrogens is 3. The van der Waals surface area contributed by atoms with E-state index in [2.05, 4.69) is 15.0 Å². The van der Waals surface area contributed by atoms with Gasteiger partial charge < -0.3 is 5.73 Å². The molecule has 0 aromatic carbocycles. The fraction of sp³-hybridized carbons (Fsp3) is 0.833. The van der Waals surface area contributed by atoms with Crippen LogP contribution in [0.5, 0.6) is 0 Å². The molecule has 0 amide bonds. The molecule has 5 nitrogen and oxygen atoms in total. The summed E-state index contributed by atoms with van der Waals surface area (Å²) in [4.78, 5) is 6.85. The van der Waals surface area contributed by atoms with Gasteiger partial charge in [0, 0.05) is 19.6 Å². The topological polar surface area (TPSA) is 60.0 Å². The smallest absolute Gasteiger partial charge is 0.140 e. The minimum absolute atomic E-state index is 0.721. The standard InChI is InChI=1S/C12H23N5/c1-16-12(14-10-15-16)9-17(8-4-7-13)11-5-2-3-6-11/h10-11H,2-9,13H2,1H3. The molecule has 1 aliphatic rings. The number of hydrogen-bond acceptors (Lipinski definition) is 4. The summed E-state index contributed by atoms with van der Waals surface area (Å²) < 4.78 is 1.87. The lowest BCUT2D eigenvalue weighted by Crippen LogP contribution is -2.35. The van der Waals surface area contributed by atoms with Crippen LogP contribution in [0.4, 0.5) is 0 Å². The van der Waals surface area contributed by atoms with Crippen molar-refractivity contribution in [3.63, 3.8) is 0 Å². The minimum Gasteiger partial charge on any atom is -0.330 e. The molecule has 17 heavy (non-hydrogen) atoms. The van der Waals surface area contributed by atoms with Crippen LogP contribution in [0.25, 0.3) is 0 Å². The Hall–Kier alpha value is -0.940. The van der Waals surface area contributed by atoms with E-state index in [1.807, 2.05) is 11.7 Å². The van der Waals surface area contributed by atoms with E-state index in [0.717, 1.165) is 37.9 Å². The number of rotatable bonds is 6. The van der Waals surface area contributed by atoms with Crippen LogP contribution in [0.15, 0.2) is 6.33 Å². The maximum atomic E-state index is 5.62. The Morgan fingerprint density at radius 1 is 1.47 bits per heavy atom. The van der Waals surface area contributed by atoms with Crippen molar-refractivity contribution < 1.29 is 0 Å². The number of hydrogen-bond donors (Lipinski definition) is 1. The molecule has 0 unspecified atom stereocenters. The van der Waals surface area contributed by atoms with Gasteiger partial charge in [-0.3, -0.25) is 9.58 Å². The van der Waals surface area contributed by atoms with E-state index >= 15 is 0 Å². The summed E-state index contributed by atoms with van der Waals surface area (Å²) >= 11 is 0. The van der Waals surface area contributed by atoms with E-state index in [1.54, 1.807) is 6.33 Å². The molecule has 1 aliphatic carbocycles. The van der Waals surface area contributed by atoms with Gasteiger partial charge in [0.05, 0.1) is 6.54 Å². The zero-order valence-corrected chi connectivity index (χ0v) is 10.7. The highest BCUT2D eigenvalue weighted by molar-refractivity contribution is 4.87. The lowest BCUT2D eigenvalue weighted by atomic mass is 10.2. The van der Waals surface area contributed by atoms with Crippen molar-refractivity contribution in [2.24, 2.45) is 12.8 Å². The normalized spacial score (nSPS) is 17.1. The molecule has 2 N–H and O–H groups in total. The molecule has 1 fully saturated rings. The van der Waals surface area contributed by atoms with Crippen LogP contribution in [0, 0.1) is 0 Å². The Balaban J connectivity index is 1.97. The Bertz CT molecular complexity index is 329. The van der Waals surface area contributed by atoms with Gasteiger partial charge in [-0.2, -0.15) is 5.10 Å². The highest BCUT2D eigenvalue weighted by Gasteiger charge is 2.23. The Labute approximate surface area is 103 Å². The van der Waals surface area contributed by atoms with Crippen LogP contribution >= 0.6 is 0 Å². The third-order valence-electron chi connectivity index (χ3n) is 3.64. The molecule has 2 rings (SSSR count). The molecule has 0 bridgehead atoms. The Morgan fingerprint density at radius 3 is 2.82 bits per heavy atom. The quantitative estimate of drug-likeness (QED) is 0.799. The van der Waals surface area contributed by atoms with Gasteiger partial charge in [-0.1, -0.05) is 12.8 Å². The molecule has 0 atom stereocenters. The highest BCUT2D eigenvalue weighted by atomic mass is 15.3. The predicted octanol–water partition coefficient (Wildman–Crippen LogP) is 0.908. The van der Waals surface area contributed by atoms with Crippen LogP contribution in [-0.4, -0.2) is 38.8 Å². The molecular weight excluding hydrogens is 214 g/mol. The maximum Gasteiger partial charge on any atom is 0.140 e. The summed E-state index contributed by atoms with van der Waals surface area (Å²) in [5.41, 5.74) is 5.62. The van der Waals surface area contributed by atoms with Crippen molar-refractivity contribution in [1.82, 2.24) is 19.7 Å². The minimum atomic E-state index is 0.721. The molecule has 0 aliphatic heterocycles. The number of nitrogens with two attached hydrogens (primary N) is 1. The number of nitrogens with zero attached hydrogens (tertiary/aromatic N) is 4. The third kappa shape index (κ3) is 3.26. The largest absolute Gasteiger partial charge is 0.330 e. The van der Waals surface area contributed by atoms with E-state index in [1.165, 1.54) is 25.7 Å². The first-order valence-corrected chi connectivity index (χ1v) is 6.58. The van der Waals surface area contributed by atoms with Crippen molar-refractivity contribution in [2.45, 2.75) is 44.7 Å². The van der Waals surface area contributed by atoms with Crippen molar-refractivity contribution in [3.8, 4) is 0 Å². The molecule has 5 heteroatoms. The first-order valence-electron chi connectivity index (χ1n) is 6.58. The van der Waals surface area contributed by atoms with Crippen LogP contribution in [0.1, 0.15) is 37.9 Å². The molecule has 1 aromatic heterocycles. The fourth-order valence-corrected chi connectivity index (χ4v) is 2.60. The van der Waals surface area contributed by atoms with Gasteiger partial charge in [-0.25, -0.2) is 4.98 Å². The van der Waals surface area contributed by atoms with Crippen LogP contribution in [-0.2, 0) is 13.6 Å². The van der Waals surface area contributed by atoms with Crippen molar-refractivity contribution >= 4 is 0 Å². The average Bonchev–Trinajstić information content (AvgIpc) is 2.96. The Kier molecular flexibility index (Phi) is 4.50. The summed E-state index contributed by atoms with van der Waals surface area (Å²) in [6, 6.07) is 0.721. The first-order chi connectivity index (χ1) is 8.31. The zero-order chi connectivity index (χ0) is 12.1. The first kappa shape index (κ1) is 12.5. The Morgan fingerprint density at radius 2 is 2.24 bits per heavy atom. The molecule has 1 saturated carbocycles. The van der Waals surface area contributed by atoms with E-state index < -0.39 is 0 Å². The summed E-state index contributed by atoms with van der Waals surface area (Å²) in [6.45, 7) is 2.75. The molecule has 0 saturated heterocycles. The van der Waals surface area contributed by atoms with E-state index in [4.69, 9.17) is 5.73 Å². The van der Waals surface area contributed by atoms with Crippen LogP contribution < -0.4 is 5.73 Å². The van der Waals surface area contributed by atoms with Crippen molar-refractivity contribution in [2.75, 3.05) is 13.1 Å². The zero-order valence-electron chi connectivity index (χ0n) is 10.7. The summed E-state index contributed by atoms with van der Waals surface area (Å²) in [5, 5.41) is 4.13. The third-order valence-corrected chi connectivity index (χ3v) is 3.64. The van der Waals surface area contributed by atoms with Crippen molar-refractivity contribution in [1.29, 1.82) is 0 Å². The van der Waals surface area contributed by atoms with Crippen LogP contribution in [0.3, 0.4) is 0 Å². The predicted molar refractivity (Wildman–Crippen MR) is 67.3 cm³/mol. The average molecular weight is 237 g/mol. The second kappa shape index (κ2) is 6.12. The highest BCUT2D eigenvalue weighted by Crippen LogP contribution is 2.24. The van der Waals surface area contributed by atoms with Gasteiger partial charge in [0.2, 0.25) is 0 Å². The summed E-state index contributed by atoms with van der Waals surface area (Å²) in [7, 11) is 1.96. The second-order valence-electron chi connectivity index (χ2n) is 4.85. The molecule has 1 heterocycles. The van der Waals surface area contributed by atoms with Gasteiger partial charge in [-0.15, -0.1) is 0 Å². The summed E-state index contributed by atoms with van der Waals surface area (Å²) in [5.74, 6) is 1.05. The fourth-order valence-electron chi connectivity index (χ4n) is 2.60. The van der Waals surface area contributed by atoms with Crippen LogP contribution in [0.2, 0.25) is 0 Å². The molecule has 0 spiro atoms. The molecular formula is C12H23N5. The second-order valence-corrected chi connectivity index (χ2v) is 4.85. The lowest BCUT2D eigenvalue weighted by molar-refractivity contribution is 0.181. The van der Waals surface area contributed by atoms with Gasteiger partial charge in [0.1, 0.15) is 12.2 Å². The lowest BCUT2D eigenvalue weighted by Gasteiger charge is -2.28. The number of aryl methyl sites for hydroxylation is 1. The van der Waals surface area contributed by atoms with Gasteiger partial charge in [0.25, 0.3) is 0 Å².